The molecule has 2 saturated heterocycles. The van der Waals surface area contributed by atoms with Crippen molar-refractivity contribution in [1.82, 2.24) is 24.5 Å². The van der Waals surface area contributed by atoms with Crippen molar-refractivity contribution in [3.05, 3.63) is 39.7 Å². The van der Waals surface area contributed by atoms with Gasteiger partial charge in [-0.3, -0.25) is 9.69 Å². The first-order chi connectivity index (χ1) is 16.7. The van der Waals surface area contributed by atoms with E-state index in [-0.39, 0.29) is 5.91 Å². The molecule has 6 heterocycles. The number of thiophene rings is 1. The van der Waals surface area contributed by atoms with Crippen LogP contribution in [-0.4, -0.2) is 49.0 Å². The van der Waals surface area contributed by atoms with E-state index < -0.39 is 0 Å². The minimum absolute atomic E-state index is 0.204. The third-order valence-corrected chi connectivity index (χ3v) is 9.90. The summed E-state index contributed by atoms with van der Waals surface area (Å²) in [6.07, 6.45) is 8.36. The van der Waals surface area contributed by atoms with Gasteiger partial charge in [0.05, 0.1) is 12.2 Å². The van der Waals surface area contributed by atoms with Gasteiger partial charge in [-0.05, 0) is 80.5 Å². The Morgan fingerprint density at radius 3 is 2.54 bits per heavy atom. The summed E-state index contributed by atoms with van der Waals surface area (Å²) in [6, 6.07) is 0.956. The number of aryl methyl sites for hydroxylation is 2. The monoisotopic (exact) mass is 490 g/mol. The average Bonchev–Trinajstić information content (AvgIpc) is 3.53. The number of amides is 1. The first-order valence-electron chi connectivity index (χ1n) is 12.7. The number of hydrogen-bond donors (Lipinski definition) is 2. The summed E-state index contributed by atoms with van der Waals surface area (Å²) in [6.45, 7) is 11.6. The molecule has 2 unspecified atom stereocenters. The molecule has 8 heteroatoms. The number of nitrogens with two attached hydrogens (primary N) is 1. The van der Waals surface area contributed by atoms with E-state index in [1.807, 2.05) is 15.9 Å². The molecule has 4 aromatic rings. The van der Waals surface area contributed by atoms with Crippen LogP contribution in [0.4, 0.5) is 0 Å². The summed E-state index contributed by atoms with van der Waals surface area (Å²) >= 11 is 1.94. The Hall–Kier alpha value is -2.71. The maximum absolute atomic E-state index is 11.6. The normalized spacial score (nSPS) is 22.7. The topological polar surface area (TPSA) is 92.3 Å². The first-order valence-corrected chi connectivity index (χ1v) is 13.5. The summed E-state index contributed by atoms with van der Waals surface area (Å²) in [4.78, 5) is 25.0. The number of carbonyl (C=O) groups excluding carboxylic acids is 1. The minimum Gasteiger partial charge on any atom is -0.369 e. The van der Waals surface area contributed by atoms with Gasteiger partial charge < -0.3 is 10.7 Å². The van der Waals surface area contributed by atoms with Gasteiger partial charge in [0.1, 0.15) is 11.2 Å². The predicted molar refractivity (Wildman–Crippen MR) is 141 cm³/mol. The molecule has 3 N–H and O–H groups in total. The minimum atomic E-state index is -0.204. The Kier molecular flexibility index (Phi) is 5.30. The Balaban J connectivity index is 1.43. The van der Waals surface area contributed by atoms with Crippen LogP contribution >= 0.6 is 11.3 Å². The molecule has 2 aliphatic heterocycles. The van der Waals surface area contributed by atoms with E-state index in [0.717, 1.165) is 18.5 Å². The molecule has 0 spiro atoms. The third-order valence-electron chi connectivity index (χ3n) is 8.53. The van der Waals surface area contributed by atoms with Crippen LogP contribution in [0.1, 0.15) is 78.5 Å². The highest BCUT2D eigenvalue weighted by atomic mass is 32.1. The summed E-state index contributed by atoms with van der Waals surface area (Å²) in [5.41, 5.74) is 14.1. The van der Waals surface area contributed by atoms with Crippen molar-refractivity contribution >= 4 is 33.1 Å². The van der Waals surface area contributed by atoms with Crippen molar-refractivity contribution in [2.45, 2.75) is 84.2 Å². The fourth-order valence-corrected chi connectivity index (χ4v) is 8.16. The molecule has 6 rings (SSSR count). The number of primary amides is 1. The number of piperidine rings is 1. The molecule has 0 aromatic carbocycles. The van der Waals surface area contributed by atoms with Gasteiger partial charge in [-0.25, -0.2) is 9.50 Å². The predicted octanol–water partition coefficient (Wildman–Crippen LogP) is 5.18. The number of rotatable bonds is 5. The molecule has 0 radical (unpaired) electrons. The second-order valence-electron chi connectivity index (χ2n) is 10.9. The second kappa shape index (κ2) is 8.17. The molecule has 2 aliphatic rings. The van der Waals surface area contributed by atoms with Crippen LogP contribution in [0.15, 0.2) is 12.5 Å². The van der Waals surface area contributed by atoms with E-state index in [4.69, 9.17) is 5.73 Å². The quantitative estimate of drug-likeness (QED) is 0.403. The van der Waals surface area contributed by atoms with Gasteiger partial charge >= 0.3 is 0 Å². The van der Waals surface area contributed by atoms with Crippen molar-refractivity contribution in [2.24, 2.45) is 5.73 Å². The molecule has 184 valence electrons. The number of fused-ring (bicyclic) bond motifs is 4. The van der Waals surface area contributed by atoms with Gasteiger partial charge in [0.25, 0.3) is 0 Å². The lowest BCUT2D eigenvalue weighted by Crippen LogP contribution is -2.46. The Bertz CT molecular complexity index is 1450. The number of hydrogen-bond acceptors (Lipinski definition) is 5. The Morgan fingerprint density at radius 2 is 1.89 bits per heavy atom. The maximum atomic E-state index is 11.6. The number of aromatic nitrogens is 4. The number of carbonyl (C=O) groups is 1. The van der Waals surface area contributed by atoms with Gasteiger partial charge in [-0.1, -0.05) is 13.8 Å². The molecular formula is C27H34N6OS. The SMILES string of the molecule is Cc1c(-c2[nH]c3sc(C4CC5CCC(C4)N5CC(N)=O)c(C)c3c2C(C)C)cn2ncnc2c1C. The smallest absolute Gasteiger partial charge is 0.231 e. The van der Waals surface area contributed by atoms with Gasteiger partial charge in [-0.15, -0.1) is 11.3 Å². The van der Waals surface area contributed by atoms with Crippen LogP contribution in [0.2, 0.25) is 0 Å². The molecule has 35 heavy (non-hydrogen) atoms. The molecule has 2 bridgehead atoms. The summed E-state index contributed by atoms with van der Waals surface area (Å²) < 4.78 is 1.89. The van der Waals surface area contributed by atoms with E-state index in [9.17, 15) is 4.79 Å². The zero-order valence-electron chi connectivity index (χ0n) is 21.2. The highest BCUT2D eigenvalue weighted by Crippen LogP contribution is 2.50. The molecule has 7 nitrogen and oxygen atoms in total. The fraction of sp³-hybridized carbons (Fsp3) is 0.519. The number of aromatic amines is 1. The van der Waals surface area contributed by atoms with E-state index in [1.165, 1.54) is 61.4 Å². The largest absolute Gasteiger partial charge is 0.369 e. The average molecular weight is 491 g/mol. The summed E-state index contributed by atoms with van der Waals surface area (Å²) in [5.74, 6) is 0.741. The number of nitrogens with one attached hydrogen (secondary N) is 1. The van der Waals surface area contributed by atoms with Crippen molar-refractivity contribution in [3.63, 3.8) is 0 Å². The van der Waals surface area contributed by atoms with Gasteiger partial charge in [0.2, 0.25) is 5.91 Å². The van der Waals surface area contributed by atoms with Crippen molar-refractivity contribution in [3.8, 4) is 11.3 Å². The molecule has 4 aromatic heterocycles. The standard InChI is InChI=1S/C27H34N6OS/c1-13(2)22-23-16(5)25(17-8-18-6-7-19(9-17)32(18)11-21(28)34)35-27(23)31-24(22)20-10-33-26(29-12-30-33)15(4)14(20)3/h10,12-13,17-19,31H,6-9,11H2,1-5H3,(H2,28,34). The zero-order valence-corrected chi connectivity index (χ0v) is 22.0. The lowest BCUT2D eigenvalue weighted by atomic mass is 9.86. The van der Waals surface area contributed by atoms with Gasteiger partial charge in [0, 0.05) is 34.1 Å². The Morgan fingerprint density at radius 1 is 1.17 bits per heavy atom. The zero-order chi connectivity index (χ0) is 24.6. The highest BCUT2D eigenvalue weighted by molar-refractivity contribution is 7.19. The van der Waals surface area contributed by atoms with E-state index in [1.54, 1.807) is 6.33 Å². The molecular weight excluding hydrogens is 456 g/mol. The lowest BCUT2D eigenvalue weighted by Gasteiger charge is -2.38. The van der Waals surface area contributed by atoms with Gasteiger partial charge in [0.15, 0.2) is 5.65 Å². The van der Waals surface area contributed by atoms with Crippen LogP contribution in [0.5, 0.6) is 0 Å². The van der Waals surface area contributed by atoms with Crippen LogP contribution < -0.4 is 5.73 Å². The van der Waals surface area contributed by atoms with E-state index in [2.05, 4.69) is 60.8 Å². The molecule has 2 atom stereocenters. The van der Waals surface area contributed by atoms with Gasteiger partial charge in [-0.2, -0.15) is 5.10 Å². The van der Waals surface area contributed by atoms with E-state index in [0.29, 0.717) is 30.5 Å². The van der Waals surface area contributed by atoms with Crippen LogP contribution in [0.25, 0.3) is 27.1 Å². The van der Waals surface area contributed by atoms with Crippen molar-refractivity contribution in [1.29, 1.82) is 0 Å². The van der Waals surface area contributed by atoms with Crippen LogP contribution in [0, 0.1) is 20.8 Å². The number of nitrogens with zero attached hydrogens (tertiary/aromatic N) is 4. The molecule has 2 fully saturated rings. The third kappa shape index (κ3) is 3.44. The molecule has 0 saturated carbocycles. The Labute approximate surface area is 209 Å². The second-order valence-corrected chi connectivity index (χ2v) is 11.9. The van der Waals surface area contributed by atoms with Crippen LogP contribution in [-0.2, 0) is 4.79 Å². The summed E-state index contributed by atoms with van der Waals surface area (Å²) in [7, 11) is 0. The maximum Gasteiger partial charge on any atom is 0.231 e. The lowest BCUT2D eigenvalue weighted by molar-refractivity contribution is -0.120. The van der Waals surface area contributed by atoms with Crippen molar-refractivity contribution < 1.29 is 4.79 Å². The fourth-order valence-electron chi connectivity index (χ4n) is 6.81. The first kappa shape index (κ1) is 22.7. The number of pyridine rings is 1. The van der Waals surface area contributed by atoms with Crippen LogP contribution in [0.3, 0.4) is 0 Å². The number of H-pyrrole nitrogens is 1. The molecule has 1 amide bonds. The molecule has 0 aliphatic carbocycles. The highest BCUT2D eigenvalue weighted by Gasteiger charge is 2.42. The summed E-state index contributed by atoms with van der Waals surface area (Å²) in [5, 5.41) is 5.82. The van der Waals surface area contributed by atoms with E-state index >= 15 is 0 Å². The van der Waals surface area contributed by atoms with Crippen molar-refractivity contribution in [2.75, 3.05) is 6.54 Å².